The van der Waals surface area contributed by atoms with Gasteiger partial charge in [-0.15, -0.1) is 0 Å². The molecule has 0 N–H and O–H groups in total. The van der Waals surface area contributed by atoms with Crippen LogP contribution < -0.4 is 9.47 Å². The summed E-state index contributed by atoms with van der Waals surface area (Å²) in [6.45, 7) is 8.44. The second-order valence-electron chi connectivity index (χ2n) is 5.31. The van der Waals surface area contributed by atoms with E-state index >= 15 is 0 Å². The van der Waals surface area contributed by atoms with Gasteiger partial charge in [0.2, 0.25) is 0 Å². The predicted octanol–water partition coefficient (Wildman–Crippen LogP) is 5.19. The number of ether oxygens (including phenoxy) is 2. The van der Waals surface area contributed by atoms with Gasteiger partial charge in [-0.2, -0.15) is 0 Å². The SMILES string of the molecule is CCC(C)Oc1ccc2cccc(OC(C)CC)c2c1. The summed E-state index contributed by atoms with van der Waals surface area (Å²) in [4.78, 5) is 0. The molecule has 108 valence electrons. The highest BCUT2D eigenvalue weighted by Gasteiger charge is 2.08. The molecule has 2 nitrogen and oxygen atoms in total. The molecule has 0 aliphatic heterocycles. The van der Waals surface area contributed by atoms with E-state index in [0.29, 0.717) is 0 Å². The van der Waals surface area contributed by atoms with Crippen molar-refractivity contribution in [3.63, 3.8) is 0 Å². The first kappa shape index (κ1) is 14.7. The quantitative estimate of drug-likeness (QED) is 0.720. The van der Waals surface area contributed by atoms with E-state index in [0.717, 1.165) is 29.7 Å². The minimum absolute atomic E-state index is 0.222. The minimum Gasteiger partial charge on any atom is -0.491 e. The first-order valence-electron chi connectivity index (χ1n) is 7.50. The van der Waals surface area contributed by atoms with Gasteiger partial charge in [0.15, 0.2) is 0 Å². The molecule has 0 aliphatic carbocycles. The van der Waals surface area contributed by atoms with Crippen LogP contribution >= 0.6 is 0 Å². The van der Waals surface area contributed by atoms with Gasteiger partial charge in [0, 0.05) is 5.39 Å². The molecule has 2 aromatic carbocycles. The van der Waals surface area contributed by atoms with Crippen molar-refractivity contribution in [2.24, 2.45) is 0 Å². The Morgan fingerprint density at radius 3 is 2.30 bits per heavy atom. The lowest BCUT2D eigenvalue weighted by Crippen LogP contribution is -2.10. The van der Waals surface area contributed by atoms with Crippen LogP contribution in [-0.4, -0.2) is 12.2 Å². The molecular weight excluding hydrogens is 248 g/mol. The second-order valence-corrected chi connectivity index (χ2v) is 5.31. The van der Waals surface area contributed by atoms with E-state index in [2.05, 4.69) is 45.9 Å². The molecule has 0 bridgehead atoms. The van der Waals surface area contributed by atoms with E-state index in [1.54, 1.807) is 0 Å². The summed E-state index contributed by atoms with van der Waals surface area (Å²) in [6.07, 6.45) is 2.46. The van der Waals surface area contributed by atoms with E-state index in [-0.39, 0.29) is 12.2 Å². The summed E-state index contributed by atoms with van der Waals surface area (Å²) < 4.78 is 11.9. The Labute approximate surface area is 121 Å². The van der Waals surface area contributed by atoms with Gasteiger partial charge in [0.25, 0.3) is 0 Å². The Morgan fingerprint density at radius 1 is 0.900 bits per heavy atom. The van der Waals surface area contributed by atoms with Gasteiger partial charge < -0.3 is 9.47 Å². The lowest BCUT2D eigenvalue weighted by Gasteiger charge is -2.16. The number of hydrogen-bond acceptors (Lipinski definition) is 2. The third-order valence-corrected chi connectivity index (χ3v) is 3.63. The van der Waals surface area contributed by atoms with Crippen molar-refractivity contribution < 1.29 is 9.47 Å². The monoisotopic (exact) mass is 272 g/mol. The van der Waals surface area contributed by atoms with Crippen LogP contribution in [0.5, 0.6) is 11.5 Å². The standard InChI is InChI=1S/C18H24O2/c1-5-13(3)19-16-11-10-15-8-7-9-18(17(15)12-16)20-14(4)6-2/h7-14H,5-6H2,1-4H3. The van der Waals surface area contributed by atoms with Crippen LogP contribution in [0.4, 0.5) is 0 Å². The average molecular weight is 272 g/mol. The molecule has 20 heavy (non-hydrogen) atoms. The number of rotatable bonds is 6. The normalized spacial score (nSPS) is 14.0. The van der Waals surface area contributed by atoms with Gasteiger partial charge in [-0.1, -0.05) is 32.0 Å². The molecular formula is C18H24O2. The van der Waals surface area contributed by atoms with Crippen LogP contribution in [0.3, 0.4) is 0 Å². The van der Waals surface area contributed by atoms with E-state index in [1.165, 1.54) is 5.39 Å². The van der Waals surface area contributed by atoms with Crippen LogP contribution in [0.1, 0.15) is 40.5 Å². The van der Waals surface area contributed by atoms with Gasteiger partial charge in [-0.3, -0.25) is 0 Å². The highest BCUT2D eigenvalue weighted by Crippen LogP contribution is 2.30. The van der Waals surface area contributed by atoms with Gasteiger partial charge >= 0.3 is 0 Å². The van der Waals surface area contributed by atoms with Crippen LogP contribution in [0.2, 0.25) is 0 Å². The third kappa shape index (κ3) is 3.44. The van der Waals surface area contributed by atoms with Gasteiger partial charge in [0.1, 0.15) is 11.5 Å². The molecule has 2 aromatic rings. The Bertz CT molecular complexity index is 562. The van der Waals surface area contributed by atoms with Gasteiger partial charge in [0.05, 0.1) is 12.2 Å². The second kappa shape index (κ2) is 6.65. The van der Waals surface area contributed by atoms with Crippen molar-refractivity contribution in [2.75, 3.05) is 0 Å². The zero-order chi connectivity index (χ0) is 14.5. The van der Waals surface area contributed by atoms with Crippen LogP contribution in [0.25, 0.3) is 10.8 Å². The van der Waals surface area contributed by atoms with Crippen LogP contribution in [0.15, 0.2) is 36.4 Å². The fraction of sp³-hybridized carbons (Fsp3) is 0.444. The Morgan fingerprint density at radius 2 is 1.60 bits per heavy atom. The van der Waals surface area contributed by atoms with Crippen molar-refractivity contribution in [3.05, 3.63) is 36.4 Å². The minimum atomic E-state index is 0.222. The smallest absolute Gasteiger partial charge is 0.127 e. The number of hydrogen-bond donors (Lipinski definition) is 0. The summed E-state index contributed by atoms with van der Waals surface area (Å²) in [5.74, 6) is 1.85. The first-order chi connectivity index (χ1) is 9.63. The molecule has 2 heteroatoms. The summed E-state index contributed by atoms with van der Waals surface area (Å²) >= 11 is 0. The lowest BCUT2D eigenvalue weighted by molar-refractivity contribution is 0.216. The highest BCUT2D eigenvalue weighted by molar-refractivity contribution is 5.89. The predicted molar refractivity (Wildman–Crippen MR) is 84.7 cm³/mol. The summed E-state index contributed by atoms with van der Waals surface area (Å²) in [5.41, 5.74) is 0. The molecule has 0 saturated heterocycles. The largest absolute Gasteiger partial charge is 0.491 e. The highest BCUT2D eigenvalue weighted by atomic mass is 16.5. The van der Waals surface area contributed by atoms with Crippen molar-refractivity contribution in [3.8, 4) is 11.5 Å². The maximum absolute atomic E-state index is 6.01. The molecule has 0 aliphatic rings. The summed E-state index contributed by atoms with van der Waals surface area (Å²) in [6, 6.07) is 12.4. The Hall–Kier alpha value is -1.70. The van der Waals surface area contributed by atoms with Crippen molar-refractivity contribution in [1.29, 1.82) is 0 Å². The summed E-state index contributed by atoms with van der Waals surface area (Å²) in [7, 11) is 0. The molecule has 0 heterocycles. The third-order valence-electron chi connectivity index (χ3n) is 3.63. The van der Waals surface area contributed by atoms with E-state index in [9.17, 15) is 0 Å². The van der Waals surface area contributed by atoms with E-state index < -0.39 is 0 Å². The zero-order valence-corrected chi connectivity index (χ0v) is 12.8. The zero-order valence-electron chi connectivity index (χ0n) is 12.8. The molecule has 0 amide bonds. The molecule has 2 atom stereocenters. The van der Waals surface area contributed by atoms with Gasteiger partial charge in [-0.25, -0.2) is 0 Å². The first-order valence-corrected chi connectivity index (χ1v) is 7.50. The molecule has 0 fully saturated rings. The molecule has 0 aromatic heterocycles. The van der Waals surface area contributed by atoms with Crippen LogP contribution in [0, 0.1) is 0 Å². The molecule has 0 radical (unpaired) electrons. The molecule has 0 spiro atoms. The fourth-order valence-electron chi connectivity index (χ4n) is 2.01. The number of benzene rings is 2. The Balaban J connectivity index is 2.35. The Kier molecular flexibility index (Phi) is 4.89. The maximum Gasteiger partial charge on any atom is 0.127 e. The van der Waals surface area contributed by atoms with E-state index in [1.807, 2.05) is 18.2 Å². The van der Waals surface area contributed by atoms with Crippen LogP contribution in [-0.2, 0) is 0 Å². The lowest BCUT2D eigenvalue weighted by atomic mass is 10.1. The van der Waals surface area contributed by atoms with Gasteiger partial charge in [-0.05, 0) is 50.3 Å². The maximum atomic E-state index is 6.01. The van der Waals surface area contributed by atoms with Crippen molar-refractivity contribution in [2.45, 2.75) is 52.7 Å². The molecule has 2 rings (SSSR count). The van der Waals surface area contributed by atoms with E-state index in [4.69, 9.17) is 9.47 Å². The number of fused-ring (bicyclic) bond motifs is 1. The summed E-state index contributed by atoms with van der Waals surface area (Å²) in [5, 5.41) is 2.30. The van der Waals surface area contributed by atoms with Crippen molar-refractivity contribution in [1.82, 2.24) is 0 Å². The topological polar surface area (TPSA) is 18.5 Å². The average Bonchev–Trinajstić information content (AvgIpc) is 2.47. The molecule has 0 saturated carbocycles. The molecule has 2 unspecified atom stereocenters. The van der Waals surface area contributed by atoms with Crippen molar-refractivity contribution >= 4 is 10.8 Å². The fourth-order valence-corrected chi connectivity index (χ4v) is 2.01.